The maximum atomic E-state index is 6.26. The number of aromatic nitrogens is 2. The molecule has 0 aliphatic heterocycles. The minimum absolute atomic E-state index is 0.0144. The van der Waals surface area contributed by atoms with Crippen LogP contribution in [0.4, 0.5) is 0 Å². The Morgan fingerprint density at radius 2 is 1.75 bits per heavy atom. The van der Waals surface area contributed by atoms with Crippen molar-refractivity contribution < 1.29 is 0 Å². The van der Waals surface area contributed by atoms with Crippen LogP contribution in [-0.4, -0.2) is 15.8 Å². The fourth-order valence-electron chi connectivity index (χ4n) is 2.77. The zero-order valence-corrected chi connectivity index (χ0v) is 11.8. The Balaban J connectivity index is 2.19. The molecule has 3 rings (SSSR count). The highest BCUT2D eigenvalue weighted by molar-refractivity contribution is 5.78. The lowest BCUT2D eigenvalue weighted by Crippen LogP contribution is -2.31. The molecule has 0 bridgehead atoms. The molecule has 102 valence electrons. The van der Waals surface area contributed by atoms with Crippen LogP contribution in [0.3, 0.4) is 0 Å². The topological polar surface area (TPSA) is 43.8 Å². The molecule has 0 fully saturated rings. The number of para-hydroxylation sites is 1. The number of nitrogens with zero attached hydrogens (tertiary/aromatic N) is 2. The van der Waals surface area contributed by atoms with Crippen molar-refractivity contribution in [3.63, 3.8) is 0 Å². The smallest absolute Gasteiger partial charge is 0.0926 e. The van der Waals surface area contributed by atoms with Crippen molar-refractivity contribution in [3.05, 3.63) is 65.9 Å². The summed E-state index contributed by atoms with van der Waals surface area (Å²) in [5, 5.41) is 5.72. The van der Waals surface area contributed by atoms with Gasteiger partial charge in [-0.3, -0.25) is 4.68 Å². The van der Waals surface area contributed by atoms with Crippen molar-refractivity contribution in [3.8, 4) is 0 Å². The highest BCUT2D eigenvalue weighted by Gasteiger charge is 2.22. The maximum Gasteiger partial charge on any atom is 0.0926 e. The number of hydrogen-bond acceptors (Lipinski definition) is 2. The van der Waals surface area contributed by atoms with Gasteiger partial charge < -0.3 is 5.73 Å². The van der Waals surface area contributed by atoms with E-state index in [1.807, 2.05) is 29.9 Å². The van der Waals surface area contributed by atoms with Gasteiger partial charge in [-0.1, -0.05) is 42.5 Å². The maximum absolute atomic E-state index is 6.26. The molecule has 0 aliphatic rings. The summed E-state index contributed by atoms with van der Waals surface area (Å²) in [6.45, 7) is 4.16. The van der Waals surface area contributed by atoms with Crippen molar-refractivity contribution in [1.82, 2.24) is 9.78 Å². The summed E-state index contributed by atoms with van der Waals surface area (Å²) in [5.74, 6) is 0. The third-order valence-electron chi connectivity index (χ3n) is 3.77. The molecule has 2 atom stereocenters. The first kappa shape index (κ1) is 12.9. The van der Waals surface area contributed by atoms with Crippen molar-refractivity contribution in [2.75, 3.05) is 0 Å². The lowest BCUT2D eigenvalue weighted by atomic mass is 9.96. The van der Waals surface area contributed by atoms with Gasteiger partial charge in [-0.2, -0.15) is 5.10 Å². The van der Waals surface area contributed by atoms with Gasteiger partial charge in [0.1, 0.15) is 0 Å². The SMILES string of the molecule is Cc1ccccc1C(C(C)N)n1ncc2ccccc21. The van der Waals surface area contributed by atoms with Crippen LogP contribution < -0.4 is 5.73 Å². The van der Waals surface area contributed by atoms with E-state index < -0.39 is 0 Å². The second-order valence-electron chi connectivity index (χ2n) is 5.31. The lowest BCUT2D eigenvalue weighted by molar-refractivity contribution is 0.465. The number of fused-ring (bicyclic) bond motifs is 1. The molecule has 1 heterocycles. The highest BCUT2D eigenvalue weighted by atomic mass is 15.3. The summed E-state index contributed by atoms with van der Waals surface area (Å²) in [7, 11) is 0. The second kappa shape index (κ2) is 5.10. The zero-order chi connectivity index (χ0) is 14.1. The fraction of sp³-hybridized carbons (Fsp3) is 0.235. The van der Waals surface area contributed by atoms with E-state index in [1.54, 1.807) is 0 Å². The van der Waals surface area contributed by atoms with Crippen LogP contribution in [0, 0.1) is 6.92 Å². The average molecular weight is 265 g/mol. The summed E-state index contributed by atoms with van der Waals surface area (Å²) in [4.78, 5) is 0. The van der Waals surface area contributed by atoms with Gasteiger partial charge in [0.2, 0.25) is 0 Å². The molecule has 2 N–H and O–H groups in total. The van der Waals surface area contributed by atoms with Crippen molar-refractivity contribution >= 4 is 10.9 Å². The third-order valence-corrected chi connectivity index (χ3v) is 3.77. The van der Waals surface area contributed by atoms with Gasteiger partial charge in [-0.15, -0.1) is 0 Å². The number of rotatable bonds is 3. The van der Waals surface area contributed by atoms with E-state index in [2.05, 4.69) is 48.4 Å². The zero-order valence-electron chi connectivity index (χ0n) is 11.8. The number of hydrogen-bond donors (Lipinski definition) is 1. The van der Waals surface area contributed by atoms with Gasteiger partial charge in [0, 0.05) is 11.4 Å². The van der Waals surface area contributed by atoms with Gasteiger partial charge in [0.15, 0.2) is 0 Å². The summed E-state index contributed by atoms with van der Waals surface area (Å²) in [5.41, 5.74) is 9.86. The molecule has 2 unspecified atom stereocenters. The molecule has 1 aromatic heterocycles. The molecule has 2 aromatic carbocycles. The first-order chi connectivity index (χ1) is 9.68. The monoisotopic (exact) mass is 265 g/mol. The molecule has 3 heteroatoms. The van der Waals surface area contributed by atoms with Gasteiger partial charge in [-0.05, 0) is 31.0 Å². The van der Waals surface area contributed by atoms with Gasteiger partial charge in [-0.25, -0.2) is 0 Å². The molecule has 0 saturated carbocycles. The first-order valence-electron chi connectivity index (χ1n) is 6.92. The molecule has 20 heavy (non-hydrogen) atoms. The predicted molar refractivity (Wildman–Crippen MR) is 82.7 cm³/mol. The van der Waals surface area contributed by atoms with E-state index in [4.69, 9.17) is 5.73 Å². The van der Waals surface area contributed by atoms with Crippen LogP contribution >= 0.6 is 0 Å². The van der Waals surface area contributed by atoms with Crippen LogP contribution in [0.5, 0.6) is 0 Å². The standard InChI is InChI=1S/C17H19N3/c1-12-7-3-5-9-15(12)17(13(2)18)20-16-10-6-4-8-14(16)11-19-20/h3-11,13,17H,18H2,1-2H3. The number of benzene rings is 2. The van der Waals surface area contributed by atoms with E-state index in [9.17, 15) is 0 Å². The van der Waals surface area contributed by atoms with E-state index >= 15 is 0 Å². The van der Waals surface area contributed by atoms with E-state index in [0.717, 1.165) is 10.9 Å². The Hall–Kier alpha value is -2.13. The van der Waals surface area contributed by atoms with Crippen molar-refractivity contribution in [2.24, 2.45) is 5.73 Å². The van der Waals surface area contributed by atoms with Crippen LogP contribution in [0.2, 0.25) is 0 Å². The predicted octanol–water partition coefficient (Wildman–Crippen LogP) is 3.28. The van der Waals surface area contributed by atoms with Gasteiger partial charge in [0.05, 0.1) is 17.8 Å². The molecule has 0 amide bonds. The van der Waals surface area contributed by atoms with Gasteiger partial charge >= 0.3 is 0 Å². The molecule has 0 saturated heterocycles. The Morgan fingerprint density at radius 3 is 2.50 bits per heavy atom. The Bertz CT molecular complexity index is 728. The molecule has 3 aromatic rings. The van der Waals surface area contributed by atoms with Crippen molar-refractivity contribution in [1.29, 1.82) is 0 Å². The fourth-order valence-corrected chi connectivity index (χ4v) is 2.77. The van der Waals surface area contributed by atoms with E-state index in [0.29, 0.717) is 0 Å². The van der Waals surface area contributed by atoms with Crippen LogP contribution in [0.25, 0.3) is 10.9 Å². The average Bonchev–Trinajstić information content (AvgIpc) is 2.85. The molecular formula is C17H19N3. The molecule has 0 aliphatic carbocycles. The summed E-state index contributed by atoms with van der Waals surface area (Å²) in [6, 6.07) is 16.7. The second-order valence-corrected chi connectivity index (χ2v) is 5.31. The van der Waals surface area contributed by atoms with E-state index in [1.165, 1.54) is 11.1 Å². The summed E-state index contributed by atoms with van der Waals surface area (Å²) in [6.07, 6.45) is 1.91. The van der Waals surface area contributed by atoms with Gasteiger partial charge in [0.25, 0.3) is 0 Å². The Labute approximate surface area is 119 Å². The van der Waals surface area contributed by atoms with E-state index in [-0.39, 0.29) is 12.1 Å². The minimum atomic E-state index is -0.0144. The van der Waals surface area contributed by atoms with Crippen molar-refractivity contribution in [2.45, 2.75) is 25.9 Å². The summed E-state index contributed by atoms with van der Waals surface area (Å²) < 4.78 is 2.04. The first-order valence-corrected chi connectivity index (χ1v) is 6.92. The molecule has 3 nitrogen and oxygen atoms in total. The molecular weight excluding hydrogens is 246 g/mol. The normalized spacial score (nSPS) is 14.3. The Morgan fingerprint density at radius 1 is 1.05 bits per heavy atom. The third kappa shape index (κ3) is 2.10. The van der Waals surface area contributed by atoms with Crippen LogP contribution in [-0.2, 0) is 0 Å². The quantitative estimate of drug-likeness (QED) is 0.789. The highest BCUT2D eigenvalue weighted by Crippen LogP contribution is 2.27. The van der Waals surface area contributed by atoms with Crippen LogP contribution in [0.15, 0.2) is 54.7 Å². The van der Waals surface area contributed by atoms with Crippen LogP contribution in [0.1, 0.15) is 24.1 Å². The lowest BCUT2D eigenvalue weighted by Gasteiger charge is -2.24. The number of aryl methyl sites for hydroxylation is 1. The molecule has 0 radical (unpaired) electrons. The Kier molecular flexibility index (Phi) is 3.28. The molecule has 0 spiro atoms. The number of nitrogens with two attached hydrogens (primary N) is 1. The summed E-state index contributed by atoms with van der Waals surface area (Å²) >= 11 is 0. The largest absolute Gasteiger partial charge is 0.326 e. The minimum Gasteiger partial charge on any atom is -0.326 e.